The second kappa shape index (κ2) is 12.1. The zero-order valence-corrected chi connectivity index (χ0v) is 25.3. The van der Waals surface area contributed by atoms with Crippen molar-refractivity contribution in [3.8, 4) is 11.1 Å². The van der Waals surface area contributed by atoms with Crippen molar-refractivity contribution in [1.82, 2.24) is 25.2 Å². The lowest BCUT2D eigenvalue weighted by Gasteiger charge is -2.33. The molecule has 0 aliphatic heterocycles. The van der Waals surface area contributed by atoms with Crippen molar-refractivity contribution in [1.29, 1.82) is 0 Å². The molecule has 0 saturated heterocycles. The Balaban J connectivity index is 1.64. The summed E-state index contributed by atoms with van der Waals surface area (Å²) < 4.78 is 82.2. The van der Waals surface area contributed by atoms with Gasteiger partial charge in [0.05, 0.1) is 23.9 Å². The first-order chi connectivity index (χ1) is 20.6. The average Bonchev–Trinajstić information content (AvgIpc) is 3.69. The van der Waals surface area contributed by atoms with Gasteiger partial charge in [-0.25, -0.2) is 0 Å². The number of hydrogen-bond donors (Lipinski definition) is 1. The van der Waals surface area contributed by atoms with E-state index in [1.54, 1.807) is 16.2 Å². The molecule has 1 atom stereocenters. The summed E-state index contributed by atoms with van der Waals surface area (Å²) in [7, 11) is 1.53. The molecular formula is C30H33F6N7S. The van der Waals surface area contributed by atoms with Crippen LogP contribution in [-0.4, -0.2) is 31.2 Å². The van der Waals surface area contributed by atoms with Crippen LogP contribution in [0.3, 0.4) is 0 Å². The van der Waals surface area contributed by atoms with Crippen molar-refractivity contribution in [3.63, 3.8) is 0 Å². The molecule has 4 aromatic rings. The van der Waals surface area contributed by atoms with Gasteiger partial charge in [0, 0.05) is 36.3 Å². The van der Waals surface area contributed by atoms with Gasteiger partial charge in [-0.3, -0.25) is 4.98 Å². The SMILES string of the molecule is Cc1cscc1-c1cnc(C2(CC(C)N)CCCC2)c(CN(Cc2cc(C(F)(F)F)cc(C(F)(F)F)c2)c2nnn(C)n2)c1. The number of aryl methyl sites for hydroxylation is 2. The van der Waals surface area contributed by atoms with Crippen LogP contribution in [0.4, 0.5) is 32.3 Å². The van der Waals surface area contributed by atoms with E-state index in [1.807, 2.05) is 36.9 Å². The van der Waals surface area contributed by atoms with Crippen molar-refractivity contribution in [3.05, 3.63) is 74.7 Å². The van der Waals surface area contributed by atoms with Gasteiger partial charge < -0.3 is 10.6 Å². The summed E-state index contributed by atoms with van der Waals surface area (Å²) in [6.07, 6.45) is -3.67. The zero-order valence-electron chi connectivity index (χ0n) is 24.5. The van der Waals surface area contributed by atoms with Crippen LogP contribution in [0.15, 0.2) is 41.2 Å². The highest BCUT2D eigenvalue weighted by molar-refractivity contribution is 7.08. The minimum Gasteiger partial charge on any atom is -0.329 e. The molecule has 44 heavy (non-hydrogen) atoms. The lowest BCUT2D eigenvalue weighted by molar-refractivity contribution is -0.143. The van der Waals surface area contributed by atoms with Crippen molar-refractivity contribution in [2.24, 2.45) is 12.8 Å². The Morgan fingerprint density at radius 2 is 1.66 bits per heavy atom. The third-order valence-corrected chi connectivity index (χ3v) is 8.93. The Bertz CT molecular complexity index is 1570. The van der Waals surface area contributed by atoms with Gasteiger partial charge in [-0.1, -0.05) is 17.9 Å². The van der Waals surface area contributed by atoms with Crippen LogP contribution in [0.1, 0.15) is 72.5 Å². The third kappa shape index (κ3) is 6.90. The molecule has 0 radical (unpaired) electrons. The standard InChI is InChI=1S/C30H33F6N7S/c1-18-16-44-17-25(18)21-10-22(26(38-13-21)28(12-19(2)37)6-4-5-7-28)15-43(27-39-41-42(3)40-27)14-20-8-23(29(31,32)33)11-24(9-20)30(34,35)36/h8-11,13,16-17,19H,4-7,12,14-15,37H2,1-3H3. The van der Waals surface area contributed by atoms with E-state index in [2.05, 4.69) is 15.4 Å². The van der Waals surface area contributed by atoms with E-state index in [0.717, 1.165) is 65.8 Å². The lowest BCUT2D eigenvalue weighted by Crippen LogP contribution is -2.34. The van der Waals surface area contributed by atoms with E-state index in [-0.39, 0.29) is 42.1 Å². The van der Waals surface area contributed by atoms with Gasteiger partial charge in [0.2, 0.25) is 0 Å². The predicted molar refractivity (Wildman–Crippen MR) is 156 cm³/mol. The fourth-order valence-electron chi connectivity index (χ4n) is 6.25. The second-order valence-corrected chi connectivity index (χ2v) is 12.5. The van der Waals surface area contributed by atoms with E-state index in [9.17, 15) is 26.3 Å². The molecule has 5 rings (SSSR count). The summed E-state index contributed by atoms with van der Waals surface area (Å²) in [6, 6.07) is 3.50. The van der Waals surface area contributed by atoms with E-state index in [4.69, 9.17) is 10.7 Å². The Morgan fingerprint density at radius 1 is 1.00 bits per heavy atom. The summed E-state index contributed by atoms with van der Waals surface area (Å²) in [5.41, 5.74) is 7.60. The highest BCUT2D eigenvalue weighted by atomic mass is 32.1. The fraction of sp³-hybridized carbons (Fsp3) is 0.467. The van der Waals surface area contributed by atoms with Gasteiger partial charge in [-0.2, -0.15) is 42.5 Å². The highest BCUT2D eigenvalue weighted by Gasteiger charge is 2.40. The number of anilines is 1. The van der Waals surface area contributed by atoms with Crippen LogP contribution in [-0.2, 0) is 37.9 Å². The van der Waals surface area contributed by atoms with Crippen LogP contribution in [0.25, 0.3) is 11.1 Å². The van der Waals surface area contributed by atoms with Gasteiger partial charge in [-0.05, 0) is 95.6 Å². The van der Waals surface area contributed by atoms with Gasteiger partial charge in [0.15, 0.2) is 0 Å². The van der Waals surface area contributed by atoms with Crippen molar-refractivity contribution < 1.29 is 26.3 Å². The molecule has 3 aromatic heterocycles. The Labute approximate surface area is 255 Å². The largest absolute Gasteiger partial charge is 0.416 e. The number of aromatic nitrogens is 5. The summed E-state index contributed by atoms with van der Waals surface area (Å²) in [6.45, 7) is 3.68. The quantitative estimate of drug-likeness (QED) is 0.192. The minimum atomic E-state index is -4.97. The third-order valence-electron chi connectivity index (χ3n) is 8.07. The number of alkyl halides is 6. The smallest absolute Gasteiger partial charge is 0.329 e. The summed E-state index contributed by atoms with van der Waals surface area (Å²) in [4.78, 5) is 7.73. The molecule has 1 aliphatic rings. The molecule has 1 saturated carbocycles. The van der Waals surface area contributed by atoms with Gasteiger partial charge in [0.25, 0.3) is 5.95 Å². The van der Waals surface area contributed by atoms with Crippen molar-refractivity contribution in [2.45, 2.75) is 82.9 Å². The molecule has 2 N–H and O–H groups in total. The lowest BCUT2D eigenvalue weighted by atomic mass is 9.75. The molecule has 3 heterocycles. The number of benzene rings is 1. The predicted octanol–water partition coefficient (Wildman–Crippen LogP) is 7.44. The first kappa shape index (κ1) is 31.9. The number of nitrogens with zero attached hydrogens (tertiary/aromatic N) is 6. The van der Waals surface area contributed by atoms with Crippen LogP contribution >= 0.6 is 11.3 Å². The maximum absolute atomic E-state index is 13.7. The Hall–Kier alpha value is -3.52. The molecule has 1 aromatic carbocycles. The molecule has 236 valence electrons. The van der Waals surface area contributed by atoms with E-state index in [1.165, 1.54) is 11.8 Å². The number of tetrazole rings is 1. The number of hydrogen-bond acceptors (Lipinski definition) is 7. The van der Waals surface area contributed by atoms with Gasteiger partial charge >= 0.3 is 12.4 Å². The van der Waals surface area contributed by atoms with E-state index in [0.29, 0.717) is 6.42 Å². The highest BCUT2D eigenvalue weighted by Crippen LogP contribution is 2.46. The Kier molecular flexibility index (Phi) is 8.78. The topological polar surface area (TPSA) is 85.8 Å². The van der Waals surface area contributed by atoms with Crippen LogP contribution < -0.4 is 10.6 Å². The number of nitrogens with two attached hydrogens (primary N) is 1. The van der Waals surface area contributed by atoms with Crippen LogP contribution in [0, 0.1) is 6.92 Å². The maximum Gasteiger partial charge on any atom is 0.416 e. The number of pyridine rings is 1. The van der Waals surface area contributed by atoms with Gasteiger partial charge in [0.1, 0.15) is 0 Å². The molecule has 0 amide bonds. The molecule has 14 heteroatoms. The molecule has 1 fully saturated rings. The normalized spacial score (nSPS) is 16.0. The minimum absolute atomic E-state index is 0.0641. The first-order valence-corrected chi connectivity index (χ1v) is 15.1. The molecule has 0 spiro atoms. The van der Waals surface area contributed by atoms with Crippen LogP contribution in [0.5, 0.6) is 0 Å². The molecule has 7 nitrogen and oxygen atoms in total. The monoisotopic (exact) mass is 637 g/mol. The average molecular weight is 638 g/mol. The summed E-state index contributed by atoms with van der Waals surface area (Å²) in [5, 5.41) is 16.3. The van der Waals surface area contributed by atoms with Crippen molar-refractivity contribution in [2.75, 3.05) is 4.90 Å². The number of halogens is 6. The first-order valence-electron chi connectivity index (χ1n) is 14.2. The van der Waals surface area contributed by atoms with Gasteiger partial charge in [-0.15, -0.1) is 5.10 Å². The molecule has 0 bridgehead atoms. The maximum atomic E-state index is 13.7. The zero-order chi connectivity index (χ0) is 31.9. The number of rotatable bonds is 9. The molecular weight excluding hydrogens is 604 g/mol. The fourth-order valence-corrected chi connectivity index (χ4v) is 7.11. The second-order valence-electron chi connectivity index (χ2n) is 11.7. The van der Waals surface area contributed by atoms with Crippen LogP contribution in [0.2, 0.25) is 0 Å². The molecule has 1 unspecified atom stereocenters. The summed E-state index contributed by atoms with van der Waals surface area (Å²) >= 11 is 1.56. The van der Waals surface area contributed by atoms with E-state index >= 15 is 0 Å². The molecule has 1 aliphatic carbocycles. The Morgan fingerprint density at radius 3 is 2.18 bits per heavy atom. The van der Waals surface area contributed by atoms with E-state index < -0.39 is 23.5 Å². The van der Waals surface area contributed by atoms with Crippen molar-refractivity contribution >= 4 is 17.3 Å². The number of thiophene rings is 1. The summed E-state index contributed by atoms with van der Waals surface area (Å²) in [5.74, 6) is 0.0641.